The van der Waals surface area contributed by atoms with Crippen molar-refractivity contribution in [1.82, 2.24) is 14.9 Å². The number of hydrogen-bond acceptors (Lipinski definition) is 7. The maximum absolute atomic E-state index is 13.9. The summed E-state index contributed by atoms with van der Waals surface area (Å²) >= 11 is 5.89. The molecule has 4 heterocycles. The topological polar surface area (TPSA) is 122 Å². The number of anilines is 1. The lowest BCUT2D eigenvalue weighted by Crippen LogP contribution is -2.57. The van der Waals surface area contributed by atoms with E-state index in [0.29, 0.717) is 50.7 Å². The van der Waals surface area contributed by atoms with Gasteiger partial charge in [0, 0.05) is 43.1 Å². The second-order valence-electron chi connectivity index (χ2n) is 9.83. The Kier molecular flexibility index (Phi) is 9.57. The van der Waals surface area contributed by atoms with Crippen molar-refractivity contribution < 1.29 is 32.6 Å². The number of pyridine rings is 2. The van der Waals surface area contributed by atoms with Gasteiger partial charge < -0.3 is 25.4 Å². The fourth-order valence-corrected chi connectivity index (χ4v) is 5.85. The highest BCUT2D eigenvalue weighted by atomic mass is 35.5. The number of ether oxygens (including phenoxy) is 1. The van der Waals surface area contributed by atoms with Gasteiger partial charge in [0.05, 0.1) is 41.1 Å². The van der Waals surface area contributed by atoms with E-state index in [2.05, 4.69) is 4.98 Å². The first-order chi connectivity index (χ1) is 20.1. The predicted molar refractivity (Wildman–Crippen MR) is 151 cm³/mol. The first-order valence-electron chi connectivity index (χ1n) is 13.4. The molecule has 0 bridgehead atoms. The van der Waals surface area contributed by atoms with Crippen LogP contribution >= 0.6 is 11.6 Å². The lowest BCUT2D eigenvalue weighted by Gasteiger charge is -2.47. The van der Waals surface area contributed by atoms with Crippen molar-refractivity contribution in [1.29, 1.82) is 0 Å². The number of carbonyl (C=O) groups is 2. The first-order valence-corrected chi connectivity index (χ1v) is 13.7. The maximum atomic E-state index is 13.9. The molecule has 5 rings (SSSR count). The van der Waals surface area contributed by atoms with E-state index in [-0.39, 0.29) is 36.2 Å². The summed E-state index contributed by atoms with van der Waals surface area (Å²) in [4.78, 5) is 34.9. The molecule has 2 aliphatic rings. The Morgan fingerprint density at radius 1 is 1.19 bits per heavy atom. The monoisotopic (exact) mass is 605 g/mol. The van der Waals surface area contributed by atoms with Gasteiger partial charge in [-0.15, -0.1) is 0 Å². The van der Waals surface area contributed by atoms with Gasteiger partial charge in [0.25, 0.3) is 6.47 Å². The van der Waals surface area contributed by atoms with Crippen LogP contribution in [0.4, 0.5) is 18.9 Å². The van der Waals surface area contributed by atoms with Crippen molar-refractivity contribution in [2.75, 3.05) is 37.7 Å². The number of nitrogens with two attached hydrogens (primary N) is 1. The number of carbonyl (C=O) groups excluding carboxylic acids is 1. The van der Waals surface area contributed by atoms with Crippen molar-refractivity contribution in [3.05, 3.63) is 70.5 Å². The summed E-state index contributed by atoms with van der Waals surface area (Å²) in [5.41, 5.74) is 7.22. The molecule has 0 atom stereocenters. The molecule has 1 saturated heterocycles. The fourth-order valence-electron chi connectivity index (χ4n) is 5.68. The molecule has 2 aliphatic heterocycles. The van der Waals surface area contributed by atoms with Crippen LogP contribution in [-0.4, -0.2) is 65.1 Å². The largest absolute Gasteiger partial charge is 0.483 e. The van der Waals surface area contributed by atoms with Crippen LogP contribution in [0.15, 0.2) is 48.7 Å². The molecule has 1 amide bonds. The lowest BCUT2D eigenvalue weighted by atomic mass is 9.69. The minimum atomic E-state index is -4.55. The quantitative estimate of drug-likeness (QED) is 0.386. The number of amides is 1. The highest BCUT2D eigenvalue weighted by Crippen LogP contribution is 2.46. The van der Waals surface area contributed by atoms with Crippen LogP contribution in [0, 0.1) is 0 Å². The molecule has 3 N–H and O–H groups in total. The smallest absolute Gasteiger partial charge is 0.418 e. The fraction of sp³-hybridized carbons (Fsp3) is 0.379. The molecule has 2 aromatic heterocycles. The summed E-state index contributed by atoms with van der Waals surface area (Å²) in [5.74, 6) is 0.419. The number of halogens is 4. The summed E-state index contributed by atoms with van der Waals surface area (Å²) in [7, 11) is 0. The summed E-state index contributed by atoms with van der Waals surface area (Å²) in [6.07, 6.45) is -2.20. The van der Waals surface area contributed by atoms with Crippen molar-refractivity contribution in [3.8, 4) is 17.1 Å². The Labute approximate surface area is 246 Å². The van der Waals surface area contributed by atoms with E-state index < -0.39 is 17.2 Å². The van der Waals surface area contributed by atoms with Crippen LogP contribution in [-0.2, 0) is 27.7 Å². The van der Waals surface area contributed by atoms with E-state index in [4.69, 9.17) is 37.0 Å². The van der Waals surface area contributed by atoms with Crippen LogP contribution in [0.5, 0.6) is 5.88 Å². The molecule has 1 fully saturated rings. The first kappa shape index (κ1) is 31.0. The minimum Gasteiger partial charge on any atom is -0.483 e. The standard InChI is InChI=1S/C28H29ClF3N5O2.CH2O2/c1-2-39-25-19(4-3-12-34-25)22-7-6-20-23(35-22)17-37(15-11-33)26(38)27(20)9-13-36(14-10-27)24-8-5-18(29)16-21(24)28(30,31)32;2-1-3/h3-8,12,16H,2,9-11,13-15,17,33H2,1H3;1H,(H,2,3). The van der Waals surface area contributed by atoms with Gasteiger partial charge in [0.2, 0.25) is 11.8 Å². The third-order valence-electron chi connectivity index (χ3n) is 7.48. The molecule has 224 valence electrons. The SMILES string of the molecule is CCOc1ncccc1-c1ccc2c(n1)CN(CCN)C(=O)C21CCN(c2ccc(Cl)cc2C(F)(F)F)CC1.O=CO. The highest BCUT2D eigenvalue weighted by Gasteiger charge is 2.50. The van der Waals surface area contributed by atoms with Gasteiger partial charge >= 0.3 is 6.18 Å². The van der Waals surface area contributed by atoms with Gasteiger partial charge in [0.1, 0.15) is 0 Å². The van der Waals surface area contributed by atoms with Crippen LogP contribution in [0.25, 0.3) is 11.3 Å². The van der Waals surface area contributed by atoms with Crippen LogP contribution in [0.2, 0.25) is 5.02 Å². The lowest BCUT2D eigenvalue weighted by molar-refractivity contribution is -0.141. The zero-order valence-electron chi connectivity index (χ0n) is 22.9. The Bertz CT molecular complexity index is 1430. The molecule has 9 nitrogen and oxygen atoms in total. The maximum Gasteiger partial charge on any atom is 0.418 e. The molecule has 0 aliphatic carbocycles. The third kappa shape index (κ3) is 6.14. The normalized spacial score (nSPS) is 16.0. The van der Waals surface area contributed by atoms with E-state index in [1.54, 1.807) is 16.0 Å². The number of piperidine rings is 1. The van der Waals surface area contributed by atoms with Gasteiger partial charge in [-0.25, -0.2) is 4.98 Å². The Balaban J connectivity index is 0.00000129. The molecule has 0 unspecified atom stereocenters. The average Bonchev–Trinajstić information content (AvgIpc) is 2.97. The summed E-state index contributed by atoms with van der Waals surface area (Å²) < 4.78 is 47.1. The van der Waals surface area contributed by atoms with Crippen LogP contribution in [0.3, 0.4) is 0 Å². The van der Waals surface area contributed by atoms with E-state index in [1.807, 2.05) is 31.2 Å². The van der Waals surface area contributed by atoms with Crippen molar-refractivity contribution in [3.63, 3.8) is 0 Å². The zero-order chi connectivity index (χ0) is 30.5. The van der Waals surface area contributed by atoms with E-state index in [1.165, 1.54) is 12.1 Å². The molecule has 42 heavy (non-hydrogen) atoms. The third-order valence-corrected chi connectivity index (χ3v) is 7.71. The van der Waals surface area contributed by atoms with Crippen molar-refractivity contribution >= 4 is 29.7 Å². The minimum absolute atomic E-state index is 0.0244. The van der Waals surface area contributed by atoms with Crippen molar-refractivity contribution in [2.24, 2.45) is 5.73 Å². The van der Waals surface area contributed by atoms with E-state index in [0.717, 1.165) is 22.9 Å². The van der Waals surface area contributed by atoms with E-state index >= 15 is 0 Å². The number of alkyl halides is 3. The average molecular weight is 606 g/mol. The number of nitrogens with zero attached hydrogens (tertiary/aromatic N) is 4. The summed E-state index contributed by atoms with van der Waals surface area (Å²) in [6.45, 7) is 3.59. The predicted octanol–water partition coefficient (Wildman–Crippen LogP) is 4.75. The van der Waals surface area contributed by atoms with Gasteiger partial charge in [-0.05, 0) is 61.7 Å². The van der Waals surface area contributed by atoms with Crippen LogP contribution < -0.4 is 15.4 Å². The van der Waals surface area contributed by atoms with Crippen molar-refractivity contribution in [2.45, 2.75) is 37.9 Å². The number of rotatable bonds is 6. The molecule has 3 aromatic rings. The van der Waals surface area contributed by atoms with E-state index in [9.17, 15) is 18.0 Å². The Morgan fingerprint density at radius 2 is 1.90 bits per heavy atom. The number of hydrogen-bond donors (Lipinski definition) is 2. The molecule has 1 spiro atoms. The van der Waals surface area contributed by atoms with Gasteiger partial charge in [-0.2, -0.15) is 13.2 Å². The van der Waals surface area contributed by atoms with Gasteiger partial charge in [-0.3, -0.25) is 14.6 Å². The number of aromatic nitrogens is 2. The van der Waals surface area contributed by atoms with Gasteiger partial charge in [-0.1, -0.05) is 17.7 Å². The number of benzene rings is 1. The molecule has 1 aromatic carbocycles. The molecular weight excluding hydrogens is 575 g/mol. The van der Waals surface area contributed by atoms with Gasteiger partial charge in [0.15, 0.2) is 0 Å². The Morgan fingerprint density at radius 3 is 2.55 bits per heavy atom. The molecule has 0 radical (unpaired) electrons. The molecule has 0 saturated carbocycles. The summed E-state index contributed by atoms with van der Waals surface area (Å²) in [6, 6.07) is 11.3. The summed E-state index contributed by atoms with van der Waals surface area (Å²) in [5, 5.41) is 6.91. The second-order valence-corrected chi connectivity index (χ2v) is 10.3. The molecular formula is C29H31ClF3N5O4. The molecule has 13 heteroatoms. The zero-order valence-corrected chi connectivity index (χ0v) is 23.7. The number of fused-ring (bicyclic) bond motifs is 2. The number of carboxylic acid groups (broad SMARTS) is 1. The second kappa shape index (κ2) is 13.0. The highest BCUT2D eigenvalue weighted by molar-refractivity contribution is 6.30. The Hall–Kier alpha value is -3.90. The van der Waals surface area contributed by atoms with Crippen LogP contribution in [0.1, 0.15) is 36.6 Å².